The summed E-state index contributed by atoms with van der Waals surface area (Å²) in [5.41, 5.74) is 8.91. The molecule has 3 aromatic heterocycles. The lowest BCUT2D eigenvalue weighted by atomic mass is 10.1. The van der Waals surface area contributed by atoms with E-state index in [-0.39, 0.29) is 29.2 Å². The van der Waals surface area contributed by atoms with Crippen LogP contribution in [0.3, 0.4) is 0 Å². The Kier molecular flexibility index (Phi) is 5.65. The van der Waals surface area contributed by atoms with Crippen molar-refractivity contribution in [1.29, 1.82) is 0 Å². The molecule has 1 aromatic carbocycles. The van der Waals surface area contributed by atoms with E-state index in [4.69, 9.17) is 15.5 Å². The monoisotopic (exact) mass is 499 g/mol. The first-order valence-corrected chi connectivity index (χ1v) is 12.2. The lowest BCUT2D eigenvalue weighted by Crippen LogP contribution is -2.37. The summed E-state index contributed by atoms with van der Waals surface area (Å²) in [7, 11) is 1.61. The number of ether oxygens (including phenoxy) is 1. The maximum Gasteiger partial charge on any atom is 0.246 e. The van der Waals surface area contributed by atoms with Crippen LogP contribution in [-0.4, -0.2) is 61.0 Å². The van der Waals surface area contributed by atoms with Crippen LogP contribution in [0.2, 0.25) is 0 Å². The highest BCUT2D eigenvalue weighted by atomic mass is 19.1. The standard InChI is InChI=1S/C27H26FN7O2/c1-3-24(36)34-13-17(10-19(34)14-37-2)27-32-21(25-26(29)30-8-9-33(25)27)7-4-16-11-22-23(12-20(16)28)35(15-31-22)18-5-6-18/h3,8-9,11-12,15,17-19H,1,5-6,10,13-14H2,2H3,(H2,29,30)/t17-,19+/m0/s1. The predicted molar refractivity (Wildman–Crippen MR) is 136 cm³/mol. The van der Waals surface area contributed by atoms with E-state index < -0.39 is 5.82 Å². The second-order valence-corrected chi connectivity index (χ2v) is 9.54. The summed E-state index contributed by atoms with van der Waals surface area (Å²) in [5.74, 6) is 6.31. The van der Waals surface area contributed by atoms with Gasteiger partial charge in [0.2, 0.25) is 5.91 Å². The third kappa shape index (κ3) is 4.01. The largest absolute Gasteiger partial charge is 0.383 e. The number of anilines is 1. The summed E-state index contributed by atoms with van der Waals surface area (Å²) in [4.78, 5) is 27.7. The van der Waals surface area contributed by atoms with Gasteiger partial charge in [0.25, 0.3) is 0 Å². The van der Waals surface area contributed by atoms with Crippen molar-refractivity contribution in [1.82, 2.24) is 28.8 Å². The molecule has 37 heavy (non-hydrogen) atoms. The average molecular weight is 500 g/mol. The summed E-state index contributed by atoms with van der Waals surface area (Å²) in [6.45, 7) is 4.49. The number of amides is 1. The van der Waals surface area contributed by atoms with Gasteiger partial charge in [0.1, 0.15) is 22.9 Å². The van der Waals surface area contributed by atoms with Crippen molar-refractivity contribution in [2.75, 3.05) is 26.0 Å². The number of methoxy groups -OCH3 is 1. The number of halogens is 1. The van der Waals surface area contributed by atoms with Crippen molar-refractivity contribution in [3.05, 3.63) is 66.4 Å². The predicted octanol–water partition coefficient (Wildman–Crippen LogP) is 3.05. The normalized spacial score (nSPS) is 19.4. The molecule has 1 amide bonds. The van der Waals surface area contributed by atoms with Crippen molar-refractivity contribution in [3.63, 3.8) is 0 Å². The molecule has 2 fully saturated rings. The number of aromatic nitrogens is 5. The van der Waals surface area contributed by atoms with E-state index in [2.05, 4.69) is 28.4 Å². The van der Waals surface area contributed by atoms with Crippen LogP contribution >= 0.6 is 0 Å². The fraction of sp³-hybridized carbons (Fsp3) is 0.333. The van der Waals surface area contributed by atoms with Crippen LogP contribution in [0.25, 0.3) is 16.6 Å². The molecule has 2 atom stereocenters. The molecule has 6 rings (SSSR count). The smallest absolute Gasteiger partial charge is 0.246 e. The molecule has 4 aromatic rings. The summed E-state index contributed by atoms with van der Waals surface area (Å²) in [5, 5.41) is 0. The van der Waals surface area contributed by atoms with Gasteiger partial charge >= 0.3 is 0 Å². The highest BCUT2D eigenvalue weighted by Crippen LogP contribution is 2.37. The summed E-state index contributed by atoms with van der Waals surface area (Å²) < 4.78 is 24.2. The number of nitrogens with zero attached hydrogens (tertiary/aromatic N) is 6. The van der Waals surface area contributed by atoms with E-state index in [9.17, 15) is 4.79 Å². The molecule has 2 aliphatic rings. The number of benzene rings is 1. The molecule has 2 N–H and O–H groups in total. The molecule has 0 bridgehead atoms. The van der Waals surface area contributed by atoms with Crippen molar-refractivity contribution in [2.24, 2.45) is 0 Å². The molecule has 1 saturated carbocycles. The van der Waals surface area contributed by atoms with Gasteiger partial charge in [-0.3, -0.25) is 9.20 Å². The molecule has 188 valence electrons. The lowest BCUT2D eigenvalue weighted by molar-refractivity contribution is -0.127. The van der Waals surface area contributed by atoms with Gasteiger partial charge in [-0.2, -0.15) is 0 Å². The van der Waals surface area contributed by atoms with Crippen molar-refractivity contribution < 1.29 is 13.9 Å². The first-order valence-electron chi connectivity index (χ1n) is 12.2. The maximum absolute atomic E-state index is 15.0. The van der Waals surface area contributed by atoms with Crippen molar-refractivity contribution >= 4 is 28.3 Å². The molecule has 4 heterocycles. The minimum Gasteiger partial charge on any atom is -0.383 e. The van der Waals surface area contributed by atoms with Gasteiger partial charge in [0.15, 0.2) is 5.82 Å². The summed E-state index contributed by atoms with van der Waals surface area (Å²) >= 11 is 0. The number of hydrogen-bond donors (Lipinski definition) is 1. The third-order valence-electron chi connectivity index (χ3n) is 7.13. The van der Waals surface area contributed by atoms with Gasteiger partial charge in [-0.15, -0.1) is 0 Å². The Bertz CT molecular complexity index is 1610. The first-order chi connectivity index (χ1) is 18.0. The Labute approximate surface area is 212 Å². The third-order valence-corrected chi connectivity index (χ3v) is 7.13. The molecule has 0 spiro atoms. The second-order valence-electron chi connectivity index (χ2n) is 9.54. The van der Waals surface area contributed by atoms with Crippen LogP contribution in [-0.2, 0) is 9.53 Å². The van der Waals surface area contributed by atoms with Crippen molar-refractivity contribution in [3.8, 4) is 11.8 Å². The minimum atomic E-state index is -0.408. The number of fused-ring (bicyclic) bond motifs is 2. The SMILES string of the molecule is C=CC(=O)N1C[C@@H](c2nc(C#Cc3cc4ncn(C5CC5)c4cc3F)c3c(N)nccn23)C[C@@H]1COC. The number of imidazole rings is 2. The van der Waals surface area contributed by atoms with E-state index >= 15 is 4.39 Å². The molecule has 0 radical (unpaired) electrons. The van der Waals surface area contributed by atoms with Crippen LogP contribution in [0, 0.1) is 17.7 Å². The van der Waals surface area contributed by atoms with Gasteiger partial charge in [0.05, 0.1) is 35.6 Å². The van der Waals surface area contributed by atoms with Crippen LogP contribution in [0.1, 0.15) is 48.3 Å². The van der Waals surface area contributed by atoms with Gasteiger partial charge in [-0.25, -0.2) is 19.3 Å². The average Bonchev–Trinajstić information content (AvgIpc) is 3.35. The minimum absolute atomic E-state index is 0.0756. The van der Waals surface area contributed by atoms with Crippen molar-refractivity contribution in [2.45, 2.75) is 37.3 Å². The zero-order chi connectivity index (χ0) is 25.7. The molecule has 10 heteroatoms. The summed E-state index contributed by atoms with van der Waals surface area (Å²) in [6.07, 6.45) is 9.30. The van der Waals surface area contributed by atoms with Crippen LogP contribution in [0.4, 0.5) is 10.2 Å². The molecule has 9 nitrogen and oxygen atoms in total. The van der Waals surface area contributed by atoms with E-state index in [1.165, 1.54) is 12.1 Å². The number of hydrogen-bond acceptors (Lipinski definition) is 6. The van der Waals surface area contributed by atoms with Crippen LogP contribution in [0.5, 0.6) is 0 Å². The molecule has 1 aliphatic carbocycles. The Morgan fingerprint density at radius 1 is 1.32 bits per heavy atom. The number of likely N-dealkylation sites (tertiary alicyclic amines) is 1. The zero-order valence-corrected chi connectivity index (χ0v) is 20.4. The van der Waals surface area contributed by atoms with Gasteiger partial charge in [-0.05, 0) is 37.3 Å². The van der Waals surface area contributed by atoms with Crippen LogP contribution in [0.15, 0.2) is 43.5 Å². The fourth-order valence-corrected chi connectivity index (χ4v) is 5.22. The first kappa shape index (κ1) is 23.2. The number of carbonyl (C=O) groups excluding carboxylic acids is 1. The molecular formula is C27H26FN7O2. The highest BCUT2D eigenvalue weighted by Gasteiger charge is 2.37. The zero-order valence-electron chi connectivity index (χ0n) is 20.4. The topological polar surface area (TPSA) is 104 Å². The summed E-state index contributed by atoms with van der Waals surface area (Å²) in [6, 6.07) is 3.47. The fourth-order valence-electron chi connectivity index (χ4n) is 5.22. The number of nitrogens with two attached hydrogens (primary N) is 1. The van der Waals surface area contributed by atoms with E-state index in [0.29, 0.717) is 48.2 Å². The Morgan fingerprint density at radius 2 is 2.16 bits per heavy atom. The Hall–Kier alpha value is -4.23. The van der Waals surface area contributed by atoms with E-state index in [1.807, 2.05) is 8.97 Å². The van der Waals surface area contributed by atoms with E-state index in [1.54, 1.807) is 36.8 Å². The van der Waals surface area contributed by atoms with Crippen LogP contribution < -0.4 is 5.73 Å². The number of rotatable bonds is 5. The lowest BCUT2D eigenvalue weighted by Gasteiger charge is -2.22. The Morgan fingerprint density at radius 3 is 2.92 bits per heavy atom. The maximum atomic E-state index is 15.0. The van der Waals surface area contributed by atoms with E-state index in [0.717, 1.165) is 18.4 Å². The molecule has 1 saturated heterocycles. The van der Waals surface area contributed by atoms with Gasteiger partial charge < -0.3 is 19.9 Å². The molecular weight excluding hydrogens is 473 g/mol. The molecule has 0 unspecified atom stereocenters. The number of carbonyl (C=O) groups is 1. The number of nitrogen functional groups attached to an aromatic ring is 1. The Balaban J connectivity index is 1.39. The quantitative estimate of drug-likeness (QED) is 0.334. The molecule has 1 aliphatic heterocycles. The second kappa shape index (κ2) is 9.01. The van der Waals surface area contributed by atoms with Gasteiger partial charge in [0, 0.05) is 44.1 Å². The highest BCUT2D eigenvalue weighted by molar-refractivity contribution is 5.87. The van der Waals surface area contributed by atoms with Gasteiger partial charge in [-0.1, -0.05) is 12.5 Å².